The van der Waals surface area contributed by atoms with E-state index in [1.807, 2.05) is 6.92 Å². The molecule has 2 aromatic rings. The fourth-order valence-electron chi connectivity index (χ4n) is 3.76. The molecule has 21 heavy (non-hydrogen) atoms. The lowest BCUT2D eigenvalue weighted by molar-refractivity contribution is 0.274. The van der Waals surface area contributed by atoms with E-state index in [9.17, 15) is 0 Å². The number of nitrogens with zero attached hydrogens (tertiary/aromatic N) is 6. The Morgan fingerprint density at radius 1 is 1.33 bits per heavy atom. The quantitative estimate of drug-likeness (QED) is 0.758. The lowest BCUT2D eigenvalue weighted by Crippen LogP contribution is -2.53. The number of piperidine rings is 1. The maximum Gasteiger partial charge on any atom is 0.224 e. The lowest BCUT2D eigenvalue weighted by Gasteiger charge is -2.49. The van der Waals surface area contributed by atoms with Crippen molar-refractivity contribution in [3.05, 3.63) is 23.1 Å². The average molecular weight is 305 g/mol. The van der Waals surface area contributed by atoms with Crippen LogP contribution < -0.4 is 4.90 Å². The predicted molar refractivity (Wildman–Crippen MR) is 79.9 cm³/mol. The number of aryl methyl sites for hydroxylation is 1. The summed E-state index contributed by atoms with van der Waals surface area (Å²) in [5.41, 5.74) is 0.812. The molecule has 2 aliphatic heterocycles. The second-order valence-corrected chi connectivity index (χ2v) is 6.09. The Morgan fingerprint density at radius 3 is 3.00 bits per heavy atom. The van der Waals surface area contributed by atoms with Gasteiger partial charge in [-0.05, 0) is 44.2 Å². The Kier molecular flexibility index (Phi) is 2.73. The van der Waals surface area contributed by atoms with Crippen LogP contribution in [-0.2, 0) is 5.54 Å². The molecule has 4 heterocycles. The second-order valence-electron chi connectivity index (χ2n) is 5.75. The molecule has 0 bridgehead atoms. The number of halogens is 1. The molecule has 4 rings (SSSR count). The van der Waals surface area contributed by atoms with Crippen LogP contribution in [-0.4, -0.2) is 31.3 Å². The van der Waals surface area contributed by atoms with Gasteiger partial charge in [0.05, 0.1) is 6.20 Å². The summed E-state index contributed by atoms with van der Waals surface area (Å²) in [5, 5.41) is 9.08. The van der Waals surface area contributed by atoms with Crippen molar-refractivity contribution < 1.29 is 0 Å². The standard InChI is InChI=1S/C14H17ClN6/c1-3-14-6-4-5-7-20(14)11-10(8-16-13(15)17-11)21-9(2)18-19-12(14)21/h8H,3-7H2,1-2H3. The zero-order valence-electron chi connectivity index (χ0n) is 12.2. The molecular weight excluding hydrogens is 288 g/mol. The minimum Gasteiger partial charge on any atom is -0.342 e. The number of fused-ring (bicyclic) bond motifs is 6. The molecule has 0 amide bonds. The van der Waals surface area contributed by atoms with Crippen LogP contribution >= 0.6 is 11.6 Å². The van der Waals surface area contributed by atoms with Crippen molar-refractivity contribution in [1.29, 1.82) is 0 Å². The maximum absolute atomic E-state index is 6.05. The van der Waals surface area contributed by atoms with Crippen LogP contribution in [0.4, 0.5) is 5.82 Å². The molecule has 110 valence electrons. The Balaban J connectivity index is 2.06. The Morgan fingerprint density at radius 2 is 2.19 bits per heavy atom. The summed E-state index contributed by atoms with van der Waals surface area (Å²) in [6.07, 6.45) is 6.19. The maximum atomic E-state index is 6.05. The SMILES string of the molecule is CCC12CCCCN1c1nc(Cl)ncc1-n1c(C)nnc12. The highest BCUT2D eigenvalue weighted by atomic mass is 35.5. The van der Waals surface area contributed by atoms with Crippen LogP contribution in [0.3, 0.4) is 0 Å². The Hall–Kier alpha value is -1.69. The summed E-state index contributed by atoms with van der Waals surface area (Å²) in [4.78, 5) is 11.0. The first-order valence-electron chi connectivity index (χ1n) is 7.40. The van der Waals surface area contributed by atoms with Crippen LogP contribution in [0.25, 0.3) is 5.69 Å². The van der Waals surface area contributed by atoms with E-state index >= 15 is 0 Å². The van der Waals surface area contributed by atoms with Crippen LogP contribution in [0.2, 0.25) is 5.28 Å². The molecule has 0 aliphatic carbocycles. The van der Waals surface area contributed by atoms with Crippen LogP contribution in [0.5, 0.6) is 0 Å². The molecule has 1 atom stereocenters. The molecule has 1 unspecified atom stereocenters. The molecule has 0 saturated carbocycles. The molecule has 7 heteroatoms. The second kappa shape index (κ2) is 4.40. The van der Waals surface area contributed by atoms with Gasteiger partial charge in [0, 0.05) is 6.54 Å². The third kappa shape index (κ3) is 1.59. The van der Waals surface area contributed by atoms with Gasteiger partial charge in [-0.2, -0.15) is 4.98 Å². The molecule has 1 saturated heterocycles. The highest BCUT2D eigenvalue weighted by Gasteiger charge is 2.48. The molecule has 0 radical (unpaired) electrons. The van der Waals surface area contributed by atoms with E-state index in [0.29, 0.717) is 5.28 Å². The van der Waals surface area contributed by atoms with Gasteiger partial charge in [-0.15, -0.1) is 10.2 Å². The minimum atomic E-state index is -0.121. The smallest absolute Gasteiger partial charge is 0.224 e. The van der Waals surface area contributed by atoms with Crippen molar-refractivity contribution in [1.82, 2.24) is 24.7 Å². The van der Waals surface area contributed by atoms with Crippen molar-refractivity contribution in [2.75, 3.05) is 11.4 Å². The third-order valence-electron chi connectivity index (χ3n) is 4.78. The zero-order valence-corrected chi connectivity index (χ0v) is 12.9. The number of aromatic nitrogens is 5. The average Bonchev–Trinajstić information content (AvgIpc) is 2.90. The Labute approximate surface area is 128 Å². The van der Waals surface area contributed by atoms with E-state index in [4.69, 9.17) is 11.6 Å². The number of hydrogen-bond donors (Lipinski definition) is 0. The molecule has 1 fully saturated rings. The van der Waals surface area contributed by atoms with Crippen molar-refractivity contribution in [2.24, 2.45) is 0 Å². The van der Waals surface area contributed by atoms with E-state index in [-0.39, 0.29) is 5.54 Å². The number of hydrogen-bond acceptors (Lipinski definition) is 5. The van der Waals surface area contributed by atoms with Crippen molar-refractivity contribution >= 4 is 17.4 Å². The number of anilines is 1. The zero-order chi connectivity index (χ0) is 14.6. The summed E-state index contributed by atoms with van der Waals surface area (Å²) < 4.78 is 2.09. The topological polar surface area (TPSA) is 59.7 Å². The first kappa shape index (κ1) is 13.0. The van der Waals surface area contributed by atoms with E-state index in [0.717, 1.165) is 49.0 Å². The van der Waals surface area contributed by atoms with Gasteiger partial charge in [-0.1, -0.05) is 6.92 Å². The fourth-order valence-corrected chi connectivity index (χ4v) is 3.89. The summed E-state index contributed by atoms with van der Waals surface area (Å²) in [6.45, 7) is 5.15. The molecule has 6 nitrogen and oxygen atoms in total. The summed E-state index contributed by atoms with van der Waals surface area (Å²) >= 11 is 6.05. The number of rotatable bonds is 1. The summed E-state index contributed by atoms with van der Waals surface area (Å²) in [7, 11) is 0. The monoisotopic (exact) mass is 304 g/mol. The van der Waals surface area contributed by atoms with E-state index in [1.54, 1.807) is 6.20 Å². The van der Waals surface area contributed by atoms with Gasteiger partial charge in [0.25, 0.3) is 0 Å². The molecule has 0 N–H and O–H groups in total. The minimum absolute atomic E-state index is 0.121. The van der Waals surface area contributed by atoms with Gasteiger partial charge in [-0.3, -0.25) is 4.57 Å². The predicted octanol–water partition coefficient (Wildman–Crippen LogP) is 2.63. The molecular formula is C14H17ClN6. The molecule has 0 aromatic carbocycles. The van der Waals surface area contributed by atoms with Crippen LogP contribution in [0, 0.1) is 6.92 Å². The molecule has 2 aromatic heterocycles. The summed E-state index contributed by atoms with van der Waals surface area (Å²) in [5.74, 6) is 2.79. The van der Waals surface area contributed by atoms with E-state index < -0.39 is 0 Å². The highest BCUT2D eigenvalue weighted by Crippen LogP contribution is 2.47. The largest absolute Gasteiger partial charge is 0.342 e. The van der Waals surface area contributed by atoms with Crippen molar-refractivity contribution in [3.8, 4) is 5.69 Å². The van der Waals surface area contributed by atoms with Gasteiger partial charge < -0.3 is 4.90 Å². The summed E-state index contributed by atoms with van der Waals surface area (Å²) in [6, 6.07) is 0. The van der Waals surface area contributed by atoms with E-state index in [2.05, 4.69) is 36.6 Å². The van der Waals surface area contributed by atoms with Crippen LogP contribution in [0.15, 0.2) is 6.20 Å². The first-order valence-corrected chi connectivity index (χ1v) is 7.78. The normalized spacial score (nSPS) is 23.5. The van der Waals surface area contributed by atoms with Crippen LogP contribution in [0.1, 0.15) is 44.3 Å². The Bertz CT molecular complexity index is 711. The molecule has 0 spiro atoms. The lowest BCUT2D eigenvalue weighted by atomic mass is 9.82. The van der Waals surface area contributed by atoms with Crippen molar-refractivity contribution in [2.45, 2.75) is 45.1 Å². The highest BCUT2D eigenvalue weighted by molar-refractivity contribution is 6.28. The van der Waals surface area contributed by atoms with Gasteiger partial charge in [0.1, 0.15) is 17.1 Å². The third-order valence-corrected chi connectivity index (χ3v) is 4.96. The van der Waals surface area contributed by atoms with Crippen molar-refractivity contribution in [3.63, 3.8) is 0 Å². The van der Waals surface area contributed by atoms with Gasteiger partial charge in [0.2, 0.25) is 5.28 Å². The van der Waals surface area contributed by atoms with E-state index in [1.165, 1.54) is 6.42 Å². The van der Waals surface area contributed by atoms with Gasteiger partial charge in [0.15, 0.2) is 11.6 Å². The van der Waals surface area contributed by atoms with Gasteiger partial charge in [-0.25, -0.2) is 4.98 Å². The van der Waals surface area contributed by atoms with Gasteiger partial charge >= 0.3 is 0 Å². The molecule has 2 aliphatic rings. The first-order chi connectivity index (χ1) is 10.2. The fraction of sp³-hybridized carbons (Fsp3) is 0.571.